The van der Waals surface area contributed by atoms with Crippen molar-refractivity contribution in [1.82, 2.24) is 4.90 Å². The molecule has 0 atom stereocenters. The number of nitro groups is 1. The highest BCUT2D eigenvalue weighted by Gasteiger charge is 2.30. The van der Waals surface area contributed by atoms with Crippen LogP contribution >= 0.6 is 0 Å². The fraction of sp³-hybridized carbons (Fsp3) is 0.368. The van der Waals surface area contributed by atoms with E-state index in [-0.39, 0.29) is 10.6 Å². The van der Waals surface area contributed by atoms with Crippen LogP contribution in [0.4, 0.5) is 24.5 Å². The van der Waals surface area contributed by atoms with Crippen LogP contribution in [0.3, 0.4) is 0 Å². The van der Waals surface area contributed by atoms with E-state index >= 15 is 0 Å². The van der Waals surface area contributed by atoms with Gasteiger partial charge in [0, 0.05) is 38.8 Å². The Balaban J connectivity index is 1.72. The largest absolute Gasteiger partial charge is 0.416 e. The molecule has 0 saturated carbocycles. The van der Waals surface area contributed by atoms with E-state index < -0.39 is 26.7 Å². The van der Waals surface area contributed by atoms with Crippen LogP contribution in [0.1, 0.15) is 17.5 Å². The lowest BCUT2D eigenvalue weighted by Gasteiger charge is -2.23. The van der Waals surface area contributed by atoms with Crippen molar-refractivity contribution >= 4 is 21.4 Å². The maximum Gasteiger partial charge on any atom is 0.416 e. The van der Waals surface area contributed by atoms with Crippen LogP contribution in [0.15, 0.2) is 47.4 Å². The molecule has 0 amide bonds. The van der Waals surface area contributed by atoms with Gasteiger partial charge in [0.05, 0.1) is 15.4 Å². The fourth-order valence-electron chi connectivity index (χ4n) is 3.52. The lowest BCUT2D eigenvalue weighted by molar-refractivity contribution is -0.384. The number of primary sulfonamides is 1. The Bertz CT molecular complexity index is 1060. The van der Waals surface area contributed by atoms with Gasteiger partial charge in [-0.15, -0.1) is 0 Å². The Hall–Kier alpha value is -2.70. The van der Waals surface area contributed by atoms with Crippen LogP contribution in [0.25, 0.3) is 0 Å². The van der Waals surface area contributed by atoms with E-state index in [1.807, 2.05) is 0 Å². The second-order valence-electron chi connectivity index (χ2n) is 7.26. The Morgan fingerprint density at radius 1 is 1.03 bits per heavy atom. The fourth-order valence-corrected chi connectivity index (χ4v) is 4.05. The zero-order chi connectivity index (χ0) is 22.8. The average Bonchev–Trinajstić information content (AvgIpc) is 2.92. The van der Waals surface area contributed by atoms with Crippen molar-refractivity contribution in [1.29, 1.82) is 0 Å². The van der Waals surface area contributed by atoms with Gasteiger partial charge in [-0.25, -0.2) is 13.6 Å². The minimum atomic E-state index is -4.38. The maximum atomic E-state index is 12.7. The van der Waals surface area contributed by atoms with Crippen LogP contribution in [0, 0.1) is 10.1 Å². The minimum absolute atomic E-state index is 0.300. The summed E-state index contributed by atoms with van der Waals surface area (Å²) in [6, 6.07) is 8.57. The van der Waals surface area contributed by atoms with E-state index in [2.05, 4.69) is 4.90 Å². The summed E-state index contributed by atoms with van der Waals surface area (Å²) >= 11 is 0. The van der Waals surface area contributed by atoms with Gasteiger partial charge < -0.3 is 4.90 Å². The quantitative estimate of drug-likeness (QED) is 0.545. The van der Waals surface area contributed by atoms with Crippen LogP contribution in [-0.2, 0) is 22.7 Å². The molecule has 2 N–H and O–H groups in total. The summed E-state index contributed by atoms with van der Waals surface area (Å²) in [4.78, 5) is 14.4. The zero-order valence-corrected chi connectivity index (χ0v) is 17.2. The Morgan fingerprint density at radius 3 is 2.29 bits per heavy atom. The standard InChI is InChI=1S/C19H21F3N4O4S/c20-19(21,22)15-4-2-14(3-5-15)13-24-8-1-9-25(11-10-24)17-7-6-16(31(23,29)30)12-18(17)26(27)28/h2-7,12H,1,8-11,13H2,(H2,23,29,30). The first-order valence-electron chi connectivity index (χ1n) is 9.40. The van der Waals surface area contributed by atoms with Crippen LogP contribution in [0.5, 0.6) is 0 Å². The van der Waals surface area contributed by atoms with E-state index in [4.69, 9.17) is 5.14 Å². The second-order valence-corrected chi connectivity index (χ2v) is 8.83. The molecule has 0 bridgehead atoms. The topological polar surface area (TPSA) is 110 Å². The molecule has 1 aliphatic rings. The van der Waals surface area contributed by atoms with Gasteiger partial charge in [-0.3, -0.25) is 15.0 Å². The van der Waals surface area contributed by atoms with Gasteiger partial charge in [-0.05, 0) is 36.2 Å². The number of nitrogens with two attached hydrogens (primary N) is 1. The number of rotatable bonds is 5. The summed E-state index contributed by atoms with van der Waals surface area (Å²) in [6.07, 6.45) is -3.70. The molecular weight excluding hydrogens is 437 g/mol. The molecule has 12 heteroatoms. The van der Waals surface area contributed by atoms with Crippen molar-refractivity contribution < 1.29 is 26.5 Å². The first-order valence-corrected chi connectivity index (χ1v) is 10.9. The molecule has 0 radical (unpaired) electrons. The van der Waals surface area contributed by atoms with Gasteiger partial charge >= 0.3 is 6.18 Å². The molecule has 0 unspecified atom stereocenters. The molecular formula is C19H21F3N4O4S. The smallest absolute Gasteiger partial charge is 0.365 e. The van der Waals surface area contributed by atoms with Crippen molar-refractivity contribution in [2.75, 3.05) is 31.1 Å². The monoisotopic (exact) mass is 458 g/mol. The minimum Gasteiger partial charge on any atom is -0.365 e. The van der Waals surface area contributed by atoms with Gasteiger partial charge in [0.1, 0.15) is 5.69 Å². The number of sulfonamides is 1. The molecule has 1 aliphatic heterocycles. The van der Waals surface area contributed by atoms with Gasteiger partial charge in [0.25, 0.3) is 5.69 Å². The van der Waals surface area contributed by atoms with Crippen LogP contribution in [-0.4, -0.2) is 44.4 Å². The molecule has 1 fully saturated rings. The van der Waals surface area contributed by atoms with E-state index in [9.17, 15) is 31.7 Å². The van der Waals surface area contributed by atoms with Gasteiger partial charge in [0.15, 0.2) is 0 Å². The summed E-state index contributed by atoms with van der Waals surface area (Å²) in [5.41, 5.74) is -0.00466. The summed E-state index contributed by atoms with van der Waals surface area (Å²) in [5, 5.41) is 16.6. The number of hydrogen-bond donors (Lipinski definition) is 1. The summed E-state index contributed by atoms with van der Waals surface area (Å²) in [6.45, 7) is 2.61. The lowest BCUT2D eigenvalue weighted by Crippen LogP contribution is -2.31. The van der Waals surface area contributed by atoms with Crippen molar-refractivity contribution in [3.8, 4) is 0 Å². The maximum absolute atomic E-state index is 12.7. The Labute approximate surface area is 177 Å². The second kappa shape index (κ2) is 8.81. The van der Waals surface area contributed by atoms with Gasteiger partial charge in [-0.2, -0.15) is 13.2 Å². The summed E-state index contributed by atoms with van der Waals surface area (Å²) in [5.74, 6) is 0. The molecule has 8 nitrogen and oxygen atoms in total. The number of halogens is 3. The molecule has 0 aliphatic carbocycles. The molecule has 0 aromatic heterocycles. The first-order chi connectivity index (χ1) is 14.4. The predicted octanol–water partition coefficient (Wildman–Crippen LogP) is 2.97. The third-order valence-corrected chi connectivity index (χ3v) is 6.00. The molecule has 1 heterocycles. The summed E-state index contributed by atoms with van der Waals surface area (Å²) < 4.78 is 61.2. The number of anilines is 1. The molecule has 2 aromatic rings. The Morgan fingerprint density at radius 2 is 1.71 bits per heavy atom. The SMILES string of the molecule is NS(=O)(=O)c1ccc(N2CCCN(Cc3ccc(C(F)(F)F)cc3)CC2)c([N+](=O)[O-])c1. The number of alkyl halides is 3. The Kier molecular flexibility index (Phi) is 6.53. The van der Waals surface area contributed by atoms with Crippen LogP contribution in [0.2, 0.25) is 0 Å². The highest BCUT2D eigenvalue weighted by atomic mass is 32.2. The third-order valence-electron chi connectivity index (χ3n) is 5.09. The highest BCUT2D eigenvalue weighted by molar-refractivity contribution is 7.89. The molecule has 2 aromatic carbocycles. The predicted molar refractivity (Wildman–Crippen MR) is 108 cm³/mol. The van der Waals surface area contributed by atoms with Crippen molar-refractivity contribution in [3.05, 3.63) is 63.7 Å². The van der Waals surface area contributed by atoms with Crippen molar-refractivity contribution in [3.63, 3.8) is 0 Å². The zero-order valence-electron chi connectivity index (χ0n) is 16.4. The van der Waals surface area contributed by atoms with E-state index in [0.717, 1.165) is 23.8 Å². The average molecular weight is 458 g/mol. The van der Waals surface area contributed by atoms with E-state index in [0.29, 0.717) is 44.8 Å². The van der Waals surface area contributed by atoms with Crippen LogP contribution < -0.4 is 10.0 Å². The normalized spacial score (nSPS) is 16.2. The molecule has 0 spiro atoms. The molecule has 168 valence electrons. The van der Waals surface area contributed by atoms with E-state index in [1.54, 1.807) is 4.90 Å². The third kappa shape index (κ3) is 5.71. The van der Waals surface area contributed by atoms with Crippen molar-refractivity contribution in [2.45, 2.75) is 24.0 Å². The van der Waals surface area contributed by atoms with Gasteiger partial charge in [0.2, 0.25) is 10.0 Å². The first kappa shape index (κ1) is 23.0. The lowest BCUT2D eigenvalue weighted by atomic mass is 10.1. The number of hydrogen-bond acceptors (Lipinski definition) is 6. The van der Waals surface area contributed by atoms with E-state index in [1.165, 1.54) is 24.3 Å². The molecule has 31 heavy (non-hydrogen) atoms. The highest BCUT2D eigenvalue weighted by Crippen LogP contribution is 2.32. The van der Waals surface area contributed by atoms with Gasteiger partial charge in [-0.1, -0.05) is 12.1 Å². The summed E-state index contributed by atoms with van der Waals surface area (Å²) in [7, 11) is -4.07. The number of nitrogens with zero attached hydrogens (tertiary/aromatic N) is 3. The molecule has 1 saturated heterocycles. The van der Waals surface area contributed by atoms with Crippen molar-refractivity contribution in [2.24, 2.45) is 5.14 Å². The number of nitro benzene ring substituents is 1. The number of benzene rings is 2. The molecule has 3 rings (SSSR count).